The summed E-state index contributed by atoms with van der Waals surface area (Å²) in [5.41, 5.74) is 0.842. The van der Waals surface area contributed by atoms with Crippen molar-refractivity contribution in [2.24, 2.45) is 17.8 Å². The van der Waals surface area contributed by atoms with Crippen LogP contribution in [0.1, 0.15) is 65.9 Å². The maximum Gasteiger partial charge on any atom is 0.329 e. The third-order valence-electron chi connectivity index (χ3n) is 9.81. The van der Waals surface area contributed by atoms with Gasteiger partial charge in [-0.1, -0.05) is 76.6 Å². The Hall–Kier alpha value is -2.91. The van der Waals surface area contributed by atoms with Gasteiger partial charge in [0.1, 0.15) is 42.6 Å². The van der Waals surface area contributed by atoms with Gasteiger partial charge in [-0.15, -0.1) is 0 Å². The molecule has 2 aliphatic rings. The number of cyclic esters (lactones) is 1. The summed E-state index contributed by atoms with van der Waals surface area (Å²) < 4.78 is 17.2. The average Bonchev–Trinajstić information content (AvgIpc) is 3.08. The molecule has 0 spiro atoms. The van der Waals surface area contributed by atoms with Gasteiger partial charge in [0.15, 0.2) is 6.29 Å². The van der Waals surface area contributed by atoms with Crippen LogP contribution in [-0.4, -0.2) is 123 Å². The van der Waals surface area contributed by atoms with Gasteiger partial charge in [-0.2, -0.15) is 0 Å². The van der Waals surface area contributed by atoms with Crippen LogP contribution in [0.25, 0.3) is 0 Å². The minimum Gasteiger partial charge on any atom is -0.460 e. The molecule has 0 bridgehead atoms. The Labute approximate surface area is 289 Å². The van der Waals surface area contributed by atoms with Gasteiger partial charge in [0.25, 0.3) is 0 Å². The highest BCUT2D eigenvalue weighted by Crippen LogP contribution is 2.27. The molecular weight excluding hydrogens is 636 g/mol. The number of likely N-dealkylation sites (N-methyl/N-ethyl adjacent to an activating group) is 1. The van der Waals surface area contributed by atoms with Crippen LogP contribution in [-0.2, 0) is 35.0 Å². The van der Waals surface area contributed by atoms with Crippen LogP contribution in [0.3, 0.4) is 0 Å². The predicted octanol–water partition coefficient (Wildman–Crippen LogP) is 1.08. The molecular formula is C36H56N2O11. The van der Waals surface area contributed by atoms with E-state index in [0.717, 1.165) is 5.56 Å². The Morgan fingerprint density at radius 3 is 2.27 bits per heavy atom. The third-order valence-corrected chi connectivity index (χ3v) is 9.81. The van der Waals surface area contributed by atoms with E-state index in [4.69, 9.17) is 14.2 Å². The second-order valence-electron chi connectivity index (χ2n) is 13.7. The molecule has 13 heteroatoms. The molecule has 2 fully saturated rings. The molecule has 0 saturated carbocycles. The van der Waals surface area contributed by atoms with Crippen molar-refractivity contribution in [3.8, 4) is 0 Å². The van der Waals surface area contributed by atoms with E-state index in [2.05, 4.69) is 5.32 Å². The van der Waals surface area contributed by atoms with Gasteiger partial charge in [-0.25, -0.2) is 4.79 Å². The zero-order chi connectivity index (χ0) is 36.4. The quantitative estimate of drug-likeness (QED) is 0.136. The van der Waals surface area contributed by atoms with Crippen LogP contribution in [0.5, 0.6) is 0 Å². The van der Waals surface area contributed by atoms with Crippen molar-refractivity contribution in [1.29, 1.82) is 0 Å². The first-order valence-electron chi connectivity index (χ1n) is 17.3. The molecule has 2 amide bonds. The van der Waals surface area contributed by atoms with Crippen molar-refractivity contribution < 1.29 is 54.1 Å². The SMILES string of the molecule is CCC(C)C1C(=O)OC(C(C)CC=CCC(C)OC2OC(CO)C(O)C(O)C2O)CC(O)C(C)C(=O)NC(Cc2ccccc2)C(=O)N1C. The van der Waals surface area contributed by atoms with Crippen molar-refractivity contribution in [2.45, 2.75) is 128 Å². The van der Waals surface area contributed by atoms with Crippen LogP contribution < -0.4 is 5.32 Å². The molecule has 0 aliphatic carbocycles. The van der Waals surface area contributed by atoms with E-state index < -0.39 is 91.4 Å². The second-order valence-corrected chi connectivity index (χ2v) is 13.7. The van der Waals surface area contributed by atoms with Gasteiger partial charge in [0.05, 0.1) is 24.7 Å². The molecule has 0 aromatic heterocycles. The van der Waals surface area contributed by atoms with E-state index in [1.807, 2.05) is 63.3 Å². The standard InChI is InChI=1S/C36H56N2O11/c1-7-20(2)29-35(46)48-27(21(3)13-11-12-14-22(4)47-36-32(43)31(42)30(41)28(19-39)49-36)18-26(40)23(5)33(44)37-25(34(45)38(29)6)17-24-15-9-8-10-16-24/h8-12,15-16,20-23,25-32,36,39-43H,7,13-14,17-19H2,1-6H3,(H,37,44). The summed E-state index contributed by atoms with van der Waals surface area (Å²) >= 11 is 0. The minimum atomic E-state index is -1.54. The van der Waals surface area contributed by atoms with Gasteiger partial charge in [0.2, 0.25) is 11.8 Å². The number of benzene rings is 1. The van der Waals surface area contributed by atoms with Crippen LogP contribution in [0.2, 0.25) is 0 Å². The minimum absolute atomic E-state index is 0.0141. The lowest BCUT2D eigenvalue weighted by molar-refractivity contribution is -0.309. The van der Waals surface area contributed by atoms with E-state index in [1.165, 1.54) is 4.90 Å². The fourth-order valence-electron chi connectivity index (χ4n) is 6.18. The topological polar surface area (TPSA) is 195 Å². The van der Waals surface area contributed by atoms with Crippen LogP contribution in [0, 0.1) is 17.8 Å². The normalized spacial score (nSPS) is 34.0. The molecule has 2 heterocycles. The zero-order valence-corrected chi connectivity index (χ0v) is 29.4. The summed E-state index contributed by atoms with van der Waals surface area (Å²) in [5, 5.41) is 53.7. The van der Waals surface area contributed by atoms with Crippen molar-refractivity contribution in [1.82, 2.24) is 10.2 Å². The molecule has 1 aromatic carbocycles. The molecule has 1 aromatic rings. The van der Waals surface area contributed by atoms with Crippen LogP contribution in [0.4, 0.5) is 0 Å². The lowest BCUT2D eigenvalue weighted by atomic mass is 9.89. The lowest BCUT2D eigenvalue weighted by Gasteiger charge is -2.40. The molecule has 13 unspecified atom stereocenters. The highest BCUT2D eigenvalue weighted by Gasteiger charge is 2.44. The van der Waals surface area contributed by atoms with Gasteiger partial charge < -0.3 is 50.0 Å². The van der Waals surface area contributed by atoms with Gasteiger partial charge in [-0.3, -0.25) is 9.59 Å². The van der Waals surface area contributed by atoms with Crippen molar-refractivity contribution in [2.75, 3.05) is 13.7 Å². The van der Waals surface area contributed by atoms with Crippen molar-refractivity contribution in [3.05, 3.63) is 48.0 Å². The first-order valence-corrected chi connectivity index (χ1v) is 17.3. The molecule has 6 N–H and O–H groups in total. The first kappa shape index (κ1) is 40.5. The Balaban J connectivity index is 1.73. The van der Waals surface area contributed by atoms with E-state index in [1.54, 1.807) is 20.9 Å². The number of nitrogens with one attached hydrogen (secondary N) is 1. The van der Waals surface area contributed by atoms with Crippen molar-refractivity contribution >= 4 is 17.8 Å². The number of carbonyl (C=O) groups excluding carboxylic acids is 3. The second kappa shape index (κ2) is 18.9. The molecule has 0 radical (unpaired) electrons. The summed E-state index contributed by atoms with van der Waals surface area (Å²) in [4.78, 5) is 42.5. The Morgan fingerprint density at radius 1 is 0.980 bits per heavy atom. The molecule has 2 saturated heterocycles. The fourth-order valence-corrected chi connectivity index (χ4v) is 6.18. The number of aliphatic hydroxyl groups excluding tert-OH is 5. The maximum atomic E-state index is 13.9. The smallest absolute Gasteiger partial charge is 0.329 e. The molecule has 2 aliphatic heterocycles. The Kier molecular flexibility index (Phi) is 15.6. The number of carbonyl (C=O) groups is 3. The summed E-state index contributed by atoms with van der Waals surface area (Å²) in [6, 6.07) is 7.43. The highest BCUT2D eigenvalue weighted by molar-refractivity contribution is 5.91. The third kappa shape index (κ3) is 10.8. The summed E-state index contributed by atoms with van der Waals surface area (Å²) in [6.07, 6.45) is -3.83. The molecule has 276 valence electrons. The maximum absolute atomic E-state index is 13.9. The number of esters is 1. The van der Waals surface area contributed by atoms with Crippen LogP contribution in [0.15, 0.2) is 42.5 Å². The van der Waals surface area contributed by atoms with E-state index in [-0.39, 0.29) is 24.7 Å². The number of hydrogen-bond acceptors (Lipinski definition) is 11. The average molecular weight is 693 g/mol. The van der Waals surface area contributed by atoms with Gasteiger partial charge in [0, 0.05) is 19.9 Å². The number of allylic oxidation sites excluding steroid dienone is 1. The number of nitrogens with zero attached hydrogens (tertiary/aromatic N) is 1. The van der Waals surface area contributed by atoms with E-state index >= 15 is 0 Å². The molecule has 49 heavy (non-hydrogen) atoms. The van der Waals surface area contributed by atoms with E-state index in [0.29, 0.717) is 19.3 Å². The van der Waals surface area contributed by atoms with Gasteiger partial charge in [-0.05, 0) is 37.2 Å². The number of ether oxygens (including phenoxy) is 3. The predicted molar refractivity (Wildman–Crippen MR) is 180 cm³/mol. The van der Waals surface area contributed by atoms with Crippen molar-refractivity contribution in [3.63, 3.8) is 0 Å². The fraction of sp³-hybridized carbons (Fsp3) is 0.694. The first-order chi connectivity index (χ1) is 23.2. The van der Waals surface area contributed by atoms with E-state index in [9.17, 15) is 39.9 Å². The Bertz CT molecular complexity index is 1230. The summed E-state index contributed by atoms with van der Waals surface area (Å²) in [7, 11) is 1.56. The number of amides is 2. The number of aliphatic hydroxyl groups is 5. The number of hydrogen-bond donors (Lipinski definition) is 6. The largest absolute Gasteiger partial charge is 0.460 e. The number of rotatable bonds is 12. The summed E-state index contributed by atoms with van der Waals surface area (Å²) in [5.74, 6) is -2.87. The molecule has 13 atom stereocenters. The molecule has 13 nitrogen and oxygen atoms in total. The van der Waals surface area contributed by atoms with Crippen LogP contribution >= 0.6 is 0 Å². The zero-order valence-electron chi connectivity index (χ0n) is 29.4. The Morgan fingerprint density at radius 2 is 1.63 bits per heavy atom. The lowest BCUT2D eigenvalue weighted by Crippen LogP contribution is -2.59. The monoisotopic (exact) mass is 692 g/mol. The molecule has 3 rings (SSSR count). The highest BCUT2D eigenvalue weighted by atomic mass is 16.7. The summed E-state index contributed by atoms with van der Waals surface area (Å²) in [6.45, 7) is 8.44. The van der Waals surface area contributed by atoms with Gasteiger partial charge >= 0.3 is 5.97 Å².